The van der Waals surface area contributed by atoms with E-state index < -0.39 is 35.2 Å². The van der Waals surface area contributed by atoms with Crippen molar-refractivity contribution in [3.63, 3.8) is 0 Å². The molecule has 4 rings (SSSR count). The number of carbonyl (C=O) groups is 3. The SMILES string of the molecule is NC(C(=O)N[C@@H]1C(=O)N2C(C(=O)O)=C(CSCc3cn[nH]n3)CS[C@H]12)c1ccccc1. The number of H-pyrrole nitrogens is 1. The first-order valence-corrected chi connectivity index (χ1v) is 11.6. The van der Waals surface area contributed by atoms with Crippen molar-refractivity contribution >= 4 is 41.3 Å². The minimum absolute atomic E-state index is 0.000686. The van der Waals surface area contributed by atoms with Crippen LogP contribution in [0.5, 0.6) is 0 Å². The summed E-state index contributed by atoms with van der Waals surface area (Å²) in [6.07, 6.45) is 1.61. The molecule has 5 N–H and O–H groups in total. The molecular weight excluding hydrogens is 440 g/mol. The fourth-order valence-electron chi connectivity index (χ4n) is 3.42. The van der Waals surface area contributed by atoms with Crippen molar-refractivity contribution in [2.45, 2.75) is 23.2 Å². The molecule has 2 aromatic rings. The second-order valence-corrected chi connectivity index (χ2v) is 9.09. The molecule has 0 spiro atoms. The van der Waals surface area contributed by atoms with Gasteiger partial charge in [0.25, 0.3) is 5.91 Å². The van der Waals surface area contributed by atoms with Crippen molar-refractivity contribution in [2.24, 2.45) is 5.73 Å². The molecule has 12 heteroatoms. The molecule has 10 nitrogen and oxygen atoms in total. The summed E-state index contributed by atoms with van der Waals surface area (Å²) in [4.78, 5) is 38.5. The van der Waals surface area contributed by atoms with Crippen LogP contribution >= 0.6 is 23.5 Å². The topological polar surface area (TPSA) is 154 Å². The van der Waals surface area contributed by atoms with Crippen molar-refractivity contribution in [3.05, 3.63) is 59.1 Å². The maximum Gasteiger partial charge on any atom is 0.352 e. The van der Waals surface area contributed by atoms with Crippen LogP contribution in [-0.2, 0) is 20.1 Å². The van der Waals surface area contributed by atoms with E-state index in [9.17, 15) is 19.5 Å². The first-order chi connectivity index (χ1) is 15.0. The largest absolute Gasteiger partial charge is 0.477 e. The van der Waals surface area contributed by atoms with E-state index >= 15 is 0 Å². The van der Waals surface area contributed by atoms with Gasteiger partial charge in [0.2, 0.25) is 5.91 Å². The van der Waals surface area contributed by atoms with Gasteiger partial charge in [-0.2, -0.15) is 27.2 Å². The number of nitrogens with zero attached hydrogens (tertiary/aromatic N) is 3. The summed E-state index contributed by atoms with van der Waals surface area (Å²) in [5.74, 6) is -0.582. The standard InChI is InChI=1S/C19H20N6O4S2/c20-13(10-4-2-1-3-5-10)16(26)22-14-17(27)25-15(19(28)29)11(8-31-18(14)25)7-30-9-12-6-21-24-23-12/h1-6,13-14,18H,7-9,20H2,(H,22,26)(H,28,29)(H,21,23,24)/t13?,14-,18-/m1/s1. The van der Waals surface area contributed by atoms with E-state index in [0.29, 0.717) is 28.4 Å². The summed E-state index contributed by atoms with van der Waals surface area (Å²) in [5, 5.41) is 22.2. The van der Waals surface area contributed by atoms with Gasteiger partial charge in [-0.15, -0.1) is 11.8 Å². The fraction of sp³-hybridized carbons (Fsp3) is 0.316. The minimum Gasteiger partial charge on any atom is -0.477 e. The van der Waals surface area contributed by atoms with E-state index in [0.717, 1.165) is 5.69 Å². The van der Waals surface area contributed by atoms with Gasteiger partial charge < -0.3 is 16.2 Å². The van der Waals surface area contributed by atoms with Crippen LogP contribution in [0.2, 0.25) is 0 Å². The lowest BCUT2D eigenvalue weighted by atomic mass is 10.0. The van der Waals surface area contributed by atoms with Gasteiger partial charge in [0.15, 0.2) is 0 Å². The number of benzene rings is 1. The lowest BCUT2D eigenvalue weighted by Gasteiger charge is -2.49. The van der Waals surface area contributed by atoms with Crippen LogP contribution in [0.25, 0.3) is 0 Å². The van der Waals surface area contributed by atoms with Crippen molar-refractivity contribution < 1.29 is 19.5 Å². The summed E-state index contributed by atoms with van der Waals surface area (Å²) < 4.78 is 0. The molecule has 1 fully saturated rings. The van der Waals surface area contributed by atoms with Gasteiger partial charge >= 0.3 is 5.97 Å². The number of hydrogen-bond acceptors (Lipinski definition) is 8. The normalized spacial score (nSPS) is 21.3. The fourth-order valence-corrected chi connectivity index (χ4v) is 5.83. The lowest BCUT2D eigenvalue weighted by molar-refractivity contribution is -0.150. The van der Waals surface area contributed by atoms with Gasteiger partial charge in [-0.3, -0.25) is 14.5 Å². The number of β-lactam (4-membered cyclic amide) rings is 1. The predicted molar refractivity (Wildman–Crippen MR) is 116 cm³/mol. The second-order valence-electron chi connectivity index (χ2n) is 7.00. The number of aliphatic carboxylic acids is 1. The van der Waals surface area contributed by atoms with Crippen LogP contribution < -0.4 is 11.1 Å². The smallest absolute Gasteiger partial charge is 0.352 e. The third-order valence-electron chi connectivity index (χ3n) is 4.98. The van der Waals surface area contributed by atoms with Gasteiger partial charge in [-0.25, -0.2) is 4.79 Å². The average molecular weight is 461 g/mol. The second kappa shape index (κ2) is 9.12. The molecule has 162 valence electrons. The van der Waals surface area contributed by atoms with E-state index in [1.165, 1.54) is 28.4 Å². The van der Waals surface area contributed by atoms with Crippen molar-refractivity contribution in [1.82, 2.24) is 25.6 Å². The highest BCUT2D eigenvalue weighted by molar-refractivity contribution is 8.00. The maximum atomic E-state index is 12.7. The van der Waals surface area contributed by atoms with Crippen LogP contribution in [0, 0.1) is 0 Å². The molecule has 31 heavy (non-hydrogen) atoms. The van der Waals surface area contributed by atoms with Crippen molar-refractivity contribution in [1.29, 1.82) is 0 Å². The number of aromatic amines is 1. The summed E-state index contributed by atoms with van der Waals surface area (Å²) >= 11 is 2.93. The molecule has 2 amide bonds. The van der Waals surface area contributed by atoms with Crippen LogP contribution in [-0.4, -0.2) is 66.1 Å². The lowest BCUT2D eigenvalue weighted by Crippen LogP contribution is -2.71. The van der Waals surface area contributed by atoms with Crippen LogP contribution in [0.4, 0.5) is 0 Å². The average Bonchev–Trinajstić information content (AvgIpc) is 3.30. The molecule has 0 saturated carbocycles. The number of thioether (sulfide) groups is 2. The highest BCUT2D eigenvalue weighted by Gasteiger charge is 2.54. The molecule has 0 bridgehead atoms. The Kier molecular flexibility index (Phi) is 6.30. The number of fused-ring (bicyclic) bond motifs is 1. The Balaban J connectivity index is 1.42. The molecule has 1 saturated heterocycles. The number of nitrogens with two attached hydrogens (primary N) is 1. The van der Waals surface area contributed by atoms with E-state index in [1.807, 2.05) is 6.07 Å². The number of hydrogen-bond donors (Lipinski definition) is 4. The summed E-state index contributed by atoms with van der Waals surface area (Å²) in [5.41, 5.74) is 8.08. The highest BCUT2D eigenvalue weighted by atomic mass is 32.2. The number of carboxylic acids is 1. The van der Waals surface area contributed by atoms with Crippen LogP contribution in [0.3, 0.4) is 0 Å². The zero-order valence-electron chi connectivity index (χ0n) is 16.2. The van der Waals surface area contributed by atoms with E-state index in [4.69, 9.17) is 5.73 Å². The first-order valence-electron chi connectivity index (χ1n) is 9.40. The molecule has 2 aliphatic rings. The molecular formula is C19H20N6O4S2. The first kappa shape index (κ1) is 21.4. The maximum absolute atomic E-state index is 12.7. The van der Waals surface area contributed by atoms with Gasteiger partial charge in [0, 0.05) is 17.3 Å². The Morgan fingerprint density at radius 3 is 2.81 bits per heavy atom. The van der Waals surface area contributed by atoms with Gasteiger partial charge in [-0.05, 0) is 11.1 Å². The molecule has 0 aliphatic carbocycles. The third kappa shape index (κ3) is 4.31. The molecule has 0 radical (unpaired) electrons. The molecule has 3 heterocycles. The quantitative estimate of drug-likeness (QED) is 0.412. The number of carboxylic acid groups (broad SMARTS) is 1. The molecule has 1 aromatic carbocycles. The Hall–Kier alpha value is -2.83. The molecule has 3 atom stereocenters. The Morgan fingerprint density at radius 1 is 1.35 bits per heavy atom. The van der Waals surface area contributed by atoms with Crippen molar-refractivity contribution in [3.8, 4) is 0 Å². The molecule has 1 unspecified atom stereocenters. The highest BCUT2D eigenvalue weighted by Crippen LogP contribution is 2.41. The van der Waals surface area contributed by atoms with Gasteiger partial charge in [0.05, 0.1) is 11.9 Å². The number of nitrogens with one attached hydrogen (secondary N) is 2. The summed E-state index contributed by atoms with van der Waals surface area (Å²) in [7, 11) is 0. The zero-order valence-corrected chi connectivity index (χ0v) is 17.9. The van der Waals surface area contributed by atoms with Gasteiger partial charge in [-0.1, -0.05) is 30.3 Å². The summed E-state index contributed by atoms with van der Waals surface area (Å²) in [6, 6.07) is 7.15. The van der Waals surface area contributed by atoms with E-state index in [1.54, 1.807) is 30.5 Å². The monoisotopic (exact) mass is 460 g/mol. The van der Waals surface area contributed by atoms with Gasteiger partial charge in [0.1, 0.15) is 23.2 Å². The Labute approximate surface area is 186 Å². The number of rotatable bonds is 8. The van der Waals surface area contributed by atoms with Crippen LogP contribution in [0.15, 0.2) is 47.8 Å². The van der Waals surface area contributed by atoms with Crippen molar-refractivity contribution in [2.75, 3.05) is 11.5 Å². The zero-order chi connectivity index (χ0) is 22.0. The summed E-state index contributed by atoms with van der Waals surface area (Å²) in [6.45, 7) is 0. The van der Waals surface area contributed by atoms with Crippen LogP contribution in [0.1, 0.15) is 17.3 Å². The molecule has 1 aromatic heterocycles. The number of aromatic nitrogens is 3. The third-order valence-corrected chi connectivity index (χ3v) is 7.37. The molecule has 2 aliphatic heterocycles. The predicted octanol–water partition coefficient (Wildman–Crippen LogP) is 0.477. The number of carbonyl (C=O) groups excluding carboxylic acids is 2. The van der Waals surface area contributed by atoms with E-state index in [-0.39, 0.29) is 5.70 Å². The Bertz CT molecular complexity index is 1010. The minimum atomic E-state index is -1.15. The van der Waals surface area contributed by atoms with E-state index in [2.05, 4.69) is 20.7 Å². The Morgan fingerprint density at radius 2 is 2.13 bits per heavy atom. The number of amides is 2.